The van der Waals surface area contributed by atoms with Crippen LogP contribution in [-0.2, 0) is 19.2 Å². The summed E-state index contributed by atoms with van der Waals surface area (Å²) in [7, 11) is 3.78. The maximum atomic E-state index is 14.1. The molecule has 3 amide bonds. The van der Waals surface area contributed by atoms with Crippen molar-refractivity contribution in [3.8, 4) is 0 Å². The van der Waals surface area contributed by atoms with E-state index in [1.165, 1.54) is 0 Å². The van der Waals surface area contributed by atoms with Gasteiger partial charge in [-0.15, -0.1) is 0 Å². The van der Waals surface area contributed by atoms with Crippen molar-refractivity contribution in [3.05, 3.63) is 0 Å². The number of hydrogen-bond donors (Lipinski definition) is 2. The number of carbonyl (C=O) groups excluding carboxylic acids is 3. The molecular formula is C30H53N5O5. The van der Waals surface area contributed by atoms with Crippen molar-refractivity contribution in [3.63, 3.8) is 0 Å². The van der Waals surface area contributed by atoms with Crippen LogP contribution in [-0.4, -0.2) is 119 Å². The lowest BCUT2D eigenvalue weighted by molar-refractivity contribution is -0.151. The number of aliphatic carboxylic acids is 1. The zero-order valence-corrected chi connectivity index (χ0v) is 25.8. The van der Waals surface area contributed by atoms with Gasteiger partial charge in [0.25, 0.3) is 0 Å². The Bertz CT molecular complexity index is 919. The predicted octanol–water partition coefficient (Wildman–Crippen LogP) is 2.41. The smallest absolute Gasteiger partial charge is 0.326 e. The summed E-state index contributed by atoms with van der Waals surface area (Å²) in [6.07, 6.45) is 6.66. The molecule has 3 aliphatic rings. The SMILES string of the molecule is CC(C)[C@@H](CN1CCCCC1C(=O)N1CCC[C@H]1C(=O)O)N(C)C(=O)[C@@H](NC(=O)[C@H]1CCCCN1C)C(C)(C)C. The molecular weight excluding hydrogens is 510 g/mol. The number of carboxylic acid groups (broad SMARTS) is 1. The molecule has 0 aromatic carbocycles. The molecule has 10 heteroatoms. The average molecular weight is 564 g/mol. The first-order valence-corrected chi connectivity index (χ1v) is 15.3. The summed E-state index contributed by atoms with van der Waals surface area (Å²) in [5.41, 5.74) is -0.485. The number of amides is 3. The summed E-state index contributed by atoms with van der Waals surface area (Å²) in [5, 5.41) is 12.8. The molecule has 3 aliphatic heterocycles. The molecule has 228 valence electrons. The molecule has 5 atom stereocenters. The number of rotatable bonds is 9. The van der Waals surface area contributed by atoms with E-state index in [0.717, 1.165) is 45.2 Å². The van der Waals surface area contributed by atoms with E-state index >= 15 is 0 Å². The Labute approximate surface area is 240 Å². The fraction of sp³-hybridized carbons (Fsp3) is 0.867. The molecule has 10 nitrogen and oxygen atoms in total. The lowest BCUT2D eigenvalue weighted by Crippen LogP contribution is -2.62. The quantitative estimate of drug-likeness (QED) is 0.443. The molecule has 1 unspecified atom stereocenters. The van der Waals surface area contributed by atoms with Crippen molar-refractivity contribution in [2.45, 2.75) is 116 Å². The van der Waals surface area contributed by atoms with Crippen molar-refractivity contribution in [1.82, 2.24) is 24.9 Å². The van der Waals surface area contributed by atoms with Crippen molar-refractivity contribution in [2.24, 2.45) is 11.3 Å². The molecule has 0 bridgehead atoms. The molecule has 40 heavy (non-hydrogen) atoms. The van der Waals surface area contributed by atoms with E-state index in [0.29, 0.717) is 32.4 Å². The first kappa shape index (κ1) is 32.3. The topological polar surface area (TPSA) is 113 Å². The van der Waals surface area contributed by atoms with Crippen LogP contribution in [0, 0.1) is 11.3 Å². The minimum atomic E-state index is -0.937. The number of likely N-dealkylation sites (N-methyl/N-ethyl adjacent to an activating group) is 2. The van der Waals surface area contributed by atoms with Gasteiger partial charge in [0.1, 0.15) is 12.1 Å². The number of carbonyl (C=O) groups is 4. The summed E-state index contributed by atoms with van der Waals surface area (Å²) in [5.74, 6) is -1.13. The number of piperidine rings is 2. The summed E-state index contributed by atoms with van der Waals surface area (Å²) >= 11 is 0. The molecule has 0 spiro atoms. The second-order valence-electron chi connectivity index (χ2n) is 13.6. The maximum Gasteiger partial charge on any atom is 0.326 e. The summed E-state index contributed by atoms with van der Waals surface area (Å²) in [4.78, 5) is 60.3. The van der Waals surface area contributed by atoms with E-state index in [1.54, 1.807) is 9.80 Å². The van der Waals surface area contributed by atoms with Gasteiger partial charge in [0.05, 0.1) is 12.1 Å². The Morgan fingerprint density at radius 2 is 1.50 bits per heavy atom. The zero-order chi connectivity index (χ0) is 29.8. The number of nitrogens with one attached hydrogen (secondary N) is 1. The van der Waals surface area contributed by atoms with Crippen LogP contribution >= 0.6 is 0 Å². The first-order valence-electron chi connectivity index (χ1n) is 15.3. The van der Waals surface area contributed by atoms with E-state index in [1.807, 2.05) is 34.9 Å². The molecule has 3 saturated heterocycles. The summed E-state index contributed by atoms with van der Waals surface area (Å²) in [6.45, 7) is 12.7. The molecule has 0 aromatic rings. The molecule has 2 N–H and O–H groups in total. The minimum absolute atomic E-state index is 0.0924. The van der Waals surface area contributed by atoms with Crippen LogP contribution in [0.4, 0.5) is 0 Å². The van der Waals surface area contributed by atoms with Gasteiger partial charge in [-0.05, 0) is 70.0 Å². The maximum absolute atomic E-state index is 14.1. The number of nitrogens with zero attached hydrogens (tertiary/aromatic N) is 4. The normalized spacial score (nSPS) is 26.4. The third kappa shape index (κ3) is 7.55. The zero-order valence-electron chi connectivity index (χ0n) is 25.8. The second-order valence-corrected chi connectivity index (χ2v) is 13.6. The third-order valence-corrected chi connectivity index (χ3v) is 9.23. The molecule has 0 aliphatic carbocycles. The van der Waals surface area contributed by atoms with Crippen molar-refractivity contribution < 1.29 is 24.3 Å². The van der Waals surface area contributed by atoms with Gasteiger partial charge in [-0.1, -0.05) is 47.5 Å². The van der Waals surface area contributed by atoms with Crippen LogP contribution in [0.2, 0.25) is 0 Å². The number of hydrogen-bond acceptors (Lipinski definition) is 6. The van der Waals surface area contributed by atoms with Crippen molar-refractivity contribution in [2.75, 3.05) is 40.3 Å². The van der Waals surface area contributed by atoms with Crippen LogP contribution in [0.3, 0.4) is 0 Å². The monoisotopic (exact) mass is 563 g/mol. The largest absolute Gasteiger partial charge is 0.480 e. The van der Waals surface area contributed by atoms with Crippen LogP contribution in [0.15, 0.2) is 0 Å². The number of carboxylic acids is 1. The van der Waals surface area contributed by atoms with E-state index in [9.17, 15) is 24.3 Å². The van der Waals surface area contributed by atoms with Crippen LogP contribution in [0.5, 0.6) is 0 Å². The molecule has 3 fully saturated rings. The van der Waals surface area contributed by atoms with Crippen LogP contribution in [0.25, 0.3) is 0 Å². The summed E-state index contributed by atoms with van der Waals surface area (Å²) < 4.78 is 0. The van der Waals surface area contributed by atoms with Gasteiger partial charge in [0.2, 0.25) is 17.7 Å². The van der Waals surface area contributed by atoms with Gasteiger partial charge in [0, 0.05) is 26.2 Å². The minimum Gasteiger partial charge on any atom is -0.480 e. The Kier molecular flexibility index (Phi) is 11.0. The van der Waals surface area contributed by atoms with Gasteiger partial charge in [-0.2, -0.15) is 0 Å². The van der Waals surface area contributed by atoms with Gasteiger partial charge in [0.15, 0.2) is 0 Å². The van der Waals surface area contributed by atoms with Crippen molar-refractivity contribution >= 4 is 23.7 Å². The third-order valence-electron chi connectivity index (χ3n) is 9.23. The van der Waals surface area contributed by atoms with E-state index in [2.05, 4.69) is 29.0 Å². The molecule has 0 aromatic heterocycles. The molecule has 0 saturated carbocycles. The second kappa shape index (κ2) is 13.6. The Balaban J connectivity index is 1.77. The lowest BCUT2D eigenvalue weighted by Gasteiger charge is -2.44. The fourth-order valence-electron chi connectivity index (χ4n) is 6.65. The molecule has 0 radical (unpaired) electrons. The highest BCUT2D eigenvalue weighted by atomic mass is 16.4. The van der Waals surface area contributed by atoms with E-state index in [-0.39, 0.29) is 41.8 Å². The van der Waals surface area contributed by atoms with Gasteiger partial charge < -0.3 is 20.2 Å². The van der Waals surface area contributed by atoms with Crippen LogP contribution in [0.1, 0.15) is 86.0 Å². The first-order chi connectivity index (χ1) is 18.7. The lowest BCUT2D eigenvalue weighted by atomic mass is 9.84. The summed E-state index contributed by atoms with van der Waals surface area (Å²) in [6, 6.07) is -2.20. The van der Waals surface area contributed by atoms with Crippen LogP contribution < -0.4 is 5.32 Å². The number of likely N-dealkylation sites (tertiary alicyclic amines) is 3. The van der Waals surface area contributed by atoms with Gasteiger partial charge in [-0.25, -0.2) is 4.79 Å². The Morgan fingerprint density at radius 3 is 2.08 bits per heavy atom. The highest BCUT2D eigenvalue weighted by Crippen LogP contribution is 2.28. The molecule has 3 rings (SSSR count). The fourth-order valence-corrected chi connectivity index (χ4v) is 6.65. The van der Waals surface area contributed by atoms with Gasteiger partial charge >= 0.3 is 5.97 Å². The standard InChI is InChI=1S/C30H53N5O5/c1-20(2)24(19-34-17-11-9-14-22(34)27(37)35-18-12-15-23(35)29(39)40)33(7)28(38)25(30(3,4)5)31-26(36)21-13-8-10-16-32(21)6/h20-25H,8-19H2,1-7H3,(H,31,36)(H,39,40)/t21-,22?,23+,24-,25-/m1/s1. The predicted molar refractivity (Wildman–Crippen MR) is 155 cm³/mol. The van der Waals surface area contributed by atoms with E-state index < -0.39 is 23.5 Å². The van der Waals surface area contributed by atoms with Crippen molar-refractivity contribution in [1.29, 1.82) is 0 Å². The molecule has 3 heterocycles. The Hall–Kier alpha value is -2.20. The van der Waals surface area contributed by atoms with E-state index in [4.69, 9.17) is 0 Å². The highest BCUT2D eigenvalue weighted by molar-refractivity contribution is 5.90. The highest BCUT2D eigenvalue weighted by Gasteiger charge is 2.43. The van der Waals surface area contributed by atoms with Gasteiger partial charge in [-0.3, -0.25) is 24.2 Å². The Morgan fingerprint density at radius 1 is 0.900 bits per heavy atom. The average Bonchev–Trinajstić information content (AvgIpc) is 3.39.